The number of amides is 1. The number of aromatic nitrogens is 1. The molecule has 1 fully saturated rings. The van der Waals surface area contributed by atoms with Crippen molar-refractivity contribution in [2.24, 2.45) is 7.05 Å². The second-order valence-electron chi connectivity index (χ2n) is 8.01. The van der Waals surface area contributed by atoms with Gasteiger partial charge in [0.1, 0.15) is 4.90 Å². The number of aryl methyl sites for hydroxylation is 2. The highest BCUT2D eigenvalue weighted by Gasteiger charge is 2.33. The molecule has 0 radical (unpaired) electrons. The van der Waals surface area contributed by atoms with E-state index in [9.17, 15) is 13.2 Å². The number of anilines is 1. The molecule has 0 unspecified atom stereocenters. The number of hydrogen-bond acceptors (Lipinski definition) is 3. The van der Waals surface area contributed by atoms with Crippen LogP contribution >= 0.6 is 0 Å². The Hall–Kier alpha value is -2.28. The standard InChI is InChI=1S/C22H31N3O3S/c1-15-11-10-12-16(2)20(15)23-29(27,28)21-18(4)24(5)17(3)19(21)22(26)25-13-8-6-7-9-14-25/h10-12,23H,6-9,13-14H2,1-5H3. The van der Waals surface area contributed by atoms with Gasteiger partial charge in [-0.1, -0.05) is 31.0 Å². The van der Waals surface area contributed by atoms with Gasteiger partial charge >= 0.3 is 0 Å². The number of rotatable bonds is 4. The number of sulfonamides is 1. The molecule has 6 nitrogen and oxygen atoms in total. The first-order valence-electron chi connectivity index (χ1n) is 10.2. The van der Waals surface area contributed by atoms with E-state index < -0.39 is 10.0 Å². The Balaban J connectivity index is 2.09. The van der Waals surface area contributed by atoms with E-state index in [0.717, 1.165) is 36.8 Å². The second kappa shape index (κ2) is 8.22. The van der Waals surface area contributed by atoms with Gasteiger partial charge in [-0.2, -0.15) is 0 Å². The molecule has 0 spiro atoms. The van der Waals surface area contributed by atoms with Gasteiger partial charge in [0, 0.05) is 31.5 Å². The minimum atomic E-state index is -3.93. The van der Waals surface area contributed by atoms with Crippen LogP contribution in [0.1, 0.15) is 58.6 Å². The van der Waals surface area contributed by atoms with E-state index in [0.29, 0.717) is 35.7 Å². The van der Waals surface area contributed by atoms with E-state index in [1.165, 1.54) is 0 Å². The largest absolute Gasteiger partial charge is 0.350 e. The van der Waals surface area contributed by atoms with Crippen molar-refractivity contribution in [1.29, 1.82) is 0 Å². The first-order chi connectivity index (χ1) is 13.6. The molecule has 0 aliphatic carbocycles. The molecule has 1 aliphatic heterocycles. The lowest BCUT2D eigenvalue weighted by molar-refractivity contribution is 0.0757. The maximum Gasteiger partial charge on any atom is 0.264 e. The normalized spacial score (nSPS) is 15.3. The average Bonchev–Trinajstić information content (AvgIpc) is 2.87. The van der Waals surface area contributed by atoms with Crippen LogP contribution in [0.25, 0.3) is 0 Å². The number of hydrogen-bond donors (Lipinski definition) is 1. The summed E-state index contributed by atoms with van der Waals surface area (Å²) in [5.74, 6) is -0.185. The van der Waals surface area contributed by atoms with Gasteiger partial charge in [0.05, 0.1) is 11.3 Å². The van der Waals surface area contributed by atoms with Crippen LogP contribution in [0.2, 0.25) is 0 Å². The van der Waals surface area contributed by atoms with Crippen LogP contribution in [-0.2, 0) is 17.1 Å². The molecule has 29 heavy (non-hydrogen) atoms. The van der Waals surface area contributed by atoms with Crippen molar-refractivity contribution in [1.82, 2.24) is 9.47 Å². The van der Waals surface area contributed by atoms with E-state index in [4.69, 9.17) is 0 Å². The Morgan fingerprint density at radius 2 is 1.48 bits per heavy atom. The summed E-state index contributed by atoms with van der Waals surface area (Å²) in [6.45, 7) is 8.67. The highest BCUT2D eigenvalue weighted by molar-refractivity contribution is 7.92. The predicted molar refractivity (Wildman–Crippen MR) is 116 cm³/mol. The summed E-state index contributed by atoms with van der Waals surface area (Å²) in [7, 11) is -2.13. The average molecular weight is 418 g/mol. The molecule has 2 aromatic rings. The molecule has 1 N–H and O–H groups in total. The minimum absolute atomic E-state index is 0.0920. The molecule has 1 aromatic heterocycles. The van der Waals surface area contributed by atoms with E-state index in [1.807, 2.05) is 50.9 Å². The monoisotopic (exact) mass is 417 g/mol. The molecule has 7 heteroatoms. The van der Waals surface area contributed by atoms with Gasteiger partial charge < -0.3 is 9.47 Å². The van der Waals surface area contributed by atoms with Crippen molar-refractivity contribution in [3.8, 4) is 0 Å². The molecule has 3 rings (SSSR count). The Morgan fingerprint density at radius 1 is 0.931 bits per heavy atom. The summed E-state index contributed by atoms with van der Waals surface area (Å²) < 4.78 is 31.5. The van der Waals surface area contributed by atoms with Gasteiger partial charge in [0.2, 0.25) is 0 Å². The van der Waals surface area contributed by atoms with Crippen molar-refractivity contribution in [2.75, 3.05) is 17.8 Å². The fourth-order valence-electron chi connectivity index (χ4n) is 4.09. The summed E-state index contributed by atoms with van der Waals surface area (Å²) >= 11 is 0. The fraction of sp³-hybridized carbons (Fsp3) is 0.500. The summed E-state index contributed by atoms with van der Waals surface area (Å²) in [4.78, 5) is 15.3. The van der Waals surface area contributed by atoms with Crippen LogP contribution in [0, 0.1) is 27.7 Å². The van der Waals surface area contributed by atoms with Gasteiger partial charge in [-0.15, -0.1) is 0 Å². The molecular weight excluding hydrogens is 386 g/mol. The van der Waals surface area contributed by atoms with E-state index in [-0.39, 0.29) is 10.8 Å². The summed E-state index contributed by atoms with van der Waals surface area (Å²) in [5, 5.41) is 0. The van der Waals surface area contributed by atoms with Gasteiger partial charge in [-0.05, 0) is 51.7 Å². The van der Waals surface area contributed by atoms with Crippen molar-refractivity contribution in [3.63, 3.8) is 0 Å². The number of benzene rings is 1. The van der Waals surface area contributed by atoms with Gasteiger partial charge in [-0.3, -0.25) is 9.52 Å². The Labute approximate surface area is 174 Å². The maximum absolute atomic E-state index is 13.5. The third-order valence-electron chi connectivity index (χ3n) is 6.02. The summed E-state index contributed by atoms with van der Waals surface area (Å²) in [5.41, 5.74) is 3.81. The Bertz CT molecular complexity index is 1010. The van der Waals surface area contributed by atoms with Crippen LogP contribution in [0.4, 0.5) is 5.69 Å². The summed E-state index contributed by atoms with van der Waals surface area (Å²) in [6.07, 6.45) is 4.13. The SMILES string of the molecule is Cc1cccc(C)c1NS(=O)(=O)c1c(C(=O)N2CCCCCC2)c(C)n(C)c1C. The minimum Gasteiger partial charge on any atom is -0.350 e. The van der Waals surface area contributed by atoms with E-state index in [1.54, 1.807) is 11.5 Å². The second-order valence-corrected chi connectivity index (χ2v) is 9.63. The van der Waals surface area contributed by atoms with Gasteiger partial charge in [0.25, 0.3) is 15.9 Å². The number of carbonyl (C=O) groups is 1. The lowest BCUT2D eigenvalue weighted by Gasteiger charge is -2.21. The molecule has 1 aromatic carbocycles. The smallest absolute Gasteiger partial charge is 0.264 e. The highest BCUT2D eigenvalue weighted by atomic mass is 32.2. The third kappa shape index (κ3) is 4.06. The van der Waals surface area contributed by atoms with Crippen molar-refractivity contribution in [3.05, 3.63) is 46.3 Å². The van der Waals surface area contributed by atoms with Crippen molar-refractivity contribution < 1.29 is 13.2 Å². The zero-order chi connectivity index (χ0) is 21.3. The lowest BCUT2D eigenvalue weighted by atomic mass is 10.1. The summed E-state index contributed by atoms with van der Waals surface area (Å²) in [6, 6.07) is 5.64. The first-order valence-corrected chi connectivity index (χ1v) is 11.7. The Morgan fingerprint density at radius 3 is 2.03 bits per heavy atom. The highest BCUT2D eigenvalue weighted by Crippen LogP contribution is 2.31. The third-order valence-corrected chi connectivity index (χ3v) is 7.53. The predicted octanol–water partition coefficient (Wildman–Crippen LogP) is 4.08. The Kier molecular flexibility index (Phi) is 6.08. The molecule has 0 saturated carbocycles. The number of nitrogens with zero attached hydrogens (tertiary/aromatic N) is 2. The molecular formula is C22H31N3O3S. The van der Waals surface area contributed by atoms with Crippen LogP contribution in [0.15, 0.2) is 23.1 Å². The lowest BCUT2D eigenvalue weighted by Crippen LogP contribution is -2.33. The molecule has 1 aliphatic rings. The quantitative estimate of drug-likeness (QED) is 0.815. The van der Waals surface area contributed by atoms with Gasteiger partial charge in [-0.25, -0.2) is 8.42 Å². The molecule has 0 bridgehead atoms. The number of nitrogens with one attached hydrogen (secondary N) is 1. The van der Waals surface area contributed by atoms with Crippen LogP contribution in [-0.4, -0.2) is 36.9 Å². The molecule has 158 valence electrons. The van der Waals surface area contributed by atoms with Crippen LogP contribution in [0.3, 0.4) is 0 Å². The fourth-order valence-corrected chi connectivity index (χ4v) is 5.81. The number of carbonyl (C=O) groups excluding carboxylic acids is 1. The van der Waals surface area contributed by atoms with Crippen LogP contribution in [0.5, 0.6) is 0 Å². The zero-order valence-electron chi connectivity index (χ0n) is 18.0. The molecule has 0 atom stereocenters. The molecule has 1 saturated heterocycles. The zero-order valence-corrected chi connectivity index (χ0v) is 18.8. The van der Waals surface area contributed by atoms with E-state index in [2.05, 4.69) is 4.72 Å². The van der Waals surface area contributed by atoms with Crippen LogP contribution < -0.4 is 4.72 Å². The number of likely N-dealkylation sites (tertiary alicyclic amines) is 1. The van der Waals surface area contributed by atoms with Crippen molar-refractivity contribution >= 4 is 21.6 Å². The van der Waals surface area contributed by atoms with Gasteiger partial charge in [0.15, 0.2) is 0 Å². The molecule has 2 heterocycles. The van der Waals surface area contributed by atoms with Crippen molar-refractivity contribution in [2.45, 2.75) is 58.3 Å². The topological polar surface area (TPSA) is 71.4 Å². The maximum atomic E-state index is 13.5. The number of para-hydroxylation sites is 1. The van der Waals surface area contributed by atoms with E-state index >= 15 is 0 Å². The molecule has 1 amide bonds. The first kappa shape index (κ1) is 21.4.